The normalized spacial score (nSPS) is 33.0. The van der Waals surface area contributed by atoms with Crippen molar-refractivity contribution in [2.45, 2.75) is 62.5 Å². The molecule has 0 aromatic rings. The van der Waals surface area contributed by atoms with Crippen molar-refractivity contribution in [1.82, 2.24) is 15.1 Å². The summed E-state index contributed by atoms with van der Waals surface area (Å²) in [4.78, 5) is 4.31. The fraction of sp³-hybridized carbons (Fsp3) is 1.00. The molecule has 0 bridgehead atoms. The molecule has 1 aliphatic heterocycles. The van der Waals surface area contributed by atoms with Crippen molar-refractivity contribution in [2.75, 3.05) is 47.4 Å². The number of nitrogens with zero attached hydrogens (tertiary/aromatic N) is 2. The first-order chi connectivity index (χ1) is 11.0. The summed E-state index contributed by atoms with van der Waals surface area (Å²) in [5, 5.41) is 23.6. The second-order valence-corrected chi connectivity index (χ2v) is 7.40. The first-order valence-electron chi connectivity index (χ1n) is 9.05. The molecular formula is C17H35N3O3. The molecular weight excluding hydrogens is 294 g/mol. The molecule has 23 heavy (non-hydrogen) atoms. The lowest BCUT2D eigenvalue weighted by atomic mass is 9.95. The maximum Gasteiger partial charge on any atom is 0.109 e. The minimum absolute atomic E-state index is 0.0665. The predicted molar refractivity (Wildman–Crippen MR) is 91.6 cm³/mol. The lowest BCUT2D eigenvalue weighted by molar-refractivity contribution is -0.0220. The van der Waals surface area contributed by atoms with Crippen molar-refractivity contribution in [3.05, 3.63) is 0 Å². The molecule has 1 aliphatic carbocycles. The van der Waals surface area contributed by atoms with E-state index in [4.69, 9.17) is 4.74 Å². The van der Waals surface area contributed by atoms with Crippen LogP contribution in [0.5, 0.6) is 0 Å². The third kappa shape index (κ3) is 5.37. The Balaban J connectivity index is 1.90. The van der Waals surface area contributed by atoms with Gasteiger partial charge in [-0.25, -0.2) is 0 Å². The van der Waals surface area contributed by atoms with Crippen LogP contribution in [0, 0.1) is 0 Å². The Morgan fingerprint density at radius 2 is 1.74 bits per heavy atom. The molecule has 1 heterocycles. The highest BCUT2D eigenvalue weighted by atomic mass is 16.5. The molecule has 3 N–H and O–H groups in total. The topological polar surface area (TPSA) is 68.2 Å². The molecule has 2 rings (SSSR count). The monoisotopic (exact) mass is 329 g/mol. The number of hydrogen-bond acceptors (Lipinski definition) is 6. The summed E-state index contributed by atoms with van der Waals surface area (Å²) in [6.45, 7) is 2.43. The molecule has 2 fully saturated rings. The molecule has 1 saturated carbocycles. The second-order valence-electron chi connectivity index (χ2n) is 7.40. The Morgan fingerprint density at radius 1 is 1.04 bits per heavy atom. The van der Waals surface area contributed by atoms with Crippen LogP contribution in [-0.4, -0.2) is 97.8 Å². The quantitative estimate of drug-likeness (QED) is 0.577. The largest absolute Gasteiger partial charge is 0.394 e. The molecule has 1 saturated heterocycles. The van der Waals surface area contributed by atoms with Crippen molar-refractivity contribution in [2.24, 2.45) is 0 Å². The third-order valence-electron chi connectivity index (χ3n) is 5.26. The van der Waals surface area contributed by atoms with Gasteiger partial charge in [0.2, 0.25) is 0 Å². The van der Waals surface area contributed by atoms with Gasteiger partial charge >= 0.3 is 0 Å². The van der Waals surface area contributed by atoms with Crippen molar-refractivity contribution >= 4 is 0 Å². The lowest BCUT2D eigenvalue weighted by Gasteiger charge is -2.32. The summed E-state index contributed by atoms with van der Waals surface area (Å²) in [5.41, 5.74) is 0. The highest BCUT2D eigenvalue weighted by Gasteiger charge is 2.45. The average Bonchev–Trinajstić information content (AvgIpc) is 2.87. The minimum Gasteiger partial charge on any atom is -0.394 e. The number of aliphatic hydroxyl groups is 2. The van der Waals surface area contributed by atoms with E-state index in [1.807, 2.05) is 21.1 Å². The van der Waals surface area contributed by atoms with Crippen LogP contribution in [0.15, 0.2) is 0 Å². The van der Waals surface area contributed by atoms with Crippen LogP contribution < -0.4 is 5.32 Å². The Labute approximate surface area is 140 Å². The van der Waals surface area contributed by atoms with Gasteiger partial charge in [-0.15, -0.1) is 0 Å². The Kier molecular flexibility index (Phi) is 7.72. The molecule has 4 atom stereocenters. The zero-order valence-corrected chi connectivity index (χ0v) is 14.9. The SMILES string of the molecule is CN(C)CCN(C)[C@@H]1[C@H](O)[C@H](CO)O[C@@H]1CNC1CCCCC1. The smallest absolute Gasteiger partial charge is 0.109 e. The highest BCUT2D eigenvalue weighted by Crippen LogP contribution is 2.25. The van der Waals surface area contributed by atoms with E-state index in [0.717, 1.165) is 19.6 Å². The van der Waals surface area contributed by atoms with Crippen LogP contribution in [0.3, 0.4) is 0 Å². The lowest BCUT2D eigenvalue weighted by Crippen LogP contribution is -2.51. The third-order valence-corrected chi connectivity index (χ3v) is 5.26. The van der Waals surface area contributed by atoms with Gasteiger partial charge in [-0.05, 0) is 34.0 Å². The van der Waals surface area contributed by atoms with Gasteiger partial charge in [0.05, 0.1) is 18.8 Å². The maximum absolute atomic E-state index is 10.5. The van der Waals surface area contributed by atoms with E-state index in [0.29, 0.717) is 6.04 Å². The van der Waals surface area contributed by atoms with E-state index < -0.39 is 12.2 Å². The van der Waals surface area contributed by atoms with Crippen molar-refractivity contribution in [3.8, 4) is 0 Å². The molecule has 0 aromatic heterocycles. The fourth-order valence-electron chi connectivity index (χ4n) is 3.79. The summed E-state index contributed by atoms with van der Waals surface area (Å²) < 4.78 is 5.94. The first kappa shape index (κ1) is 19.1. The van der Waals surface area contributed by atoms with Crippen LogP contribution in [0.4, 0.5) is 0 Å². The molecule has 0 unspecified atom stereocenters. The Hall–Kier alpha value is -0.240. The van der Waals surface area contributed by atoms with Gasteiger partial charge < -0.3 is 25.2 Å². The number of aliphatic hydroxyl groups excluding tert-OH is 2. The standard InChI is InChI=1S/C17H35N3O3/c1-19(2)9-10-20(3)16-14(23-15(12-21)17(16)22)11-18-13-7-5-4-6-8-13/h13-18,21-22H,4-12H2,1-3H3/t14-,15+,16+,17-/m1/s1. The van der Waals surface area contributed by atoms with Crippen molar-refractivity contribution < 1.29 is 14.9 Å². The van der Waals surface area contributed by atoms with Gasteiger partial charge in [0, 0.05) is 25.7 Å². The van der Waals surface area contributed by atoms with Gasteiger partial charge in [-0.1, -0.05) is 19.3 Å². The summed E-state index contributed by atoms with van der Waals surface area (Å²) in [6, 6.07) is 0.508. The molecule has 2 aliphatic rings. The summed E-state index contributed by atoms with van der Waals surface area (Å²) >= 11 is 0. The molecule has 0 radical (unpaired) electrons. The molecule has 6 nitrogen and oxygen atoms in total. The maximum atomic E-state index is 10.5. The van der Waals surface area contributed by atoms with Gasteiger partial charge in [0.25, 0.3) is 0 Å². The number of hydrogen-bond donors (Lipinski definition) is 3. The zero-order valence-electron chi connectivity index (χ0n) is 14.9. The number of nitrogens with one attached hydrogen (secondary N) is 1. The molecule has 0 spiro atoms. The van der Waals surface area contributed by atoms with E-state index >= 15 is 0 Å². The molecule has 0 amide bonds. The molecule has 6 heteroatoms. The number of ether oxygens (including phenoxy) is 1. The van der Waals surface area contributed by atoms with Crippen LogP contribution in [-0.2, 0) is 4.74 Å². The Bertz CT molecular complexity index is 337. The van der Waals surface area contributed by atoms with Crippen LogP contribution in [0.25, 0.3) is 0 Å². The van der Waals surface area contributed by atoms with Gasteiger partial charge in [0.15, 0.2) is 0 Å². The Morgan fingerprint density at radius 3 is 2.35 bits per heavy atom. The van der Waals surface area contributed by atoms with E-state index in [2.05, 4.69) is 15.1 Å². The zero-order chi connectivity index (χ0) is 16.8. The summed E-state index contributed by atoms with van der Waals surface area (Å²) in [5.74, 6) is 0. The van der Waals surface area contributed by atoms with Crippen LogP contribution in [0.2, 0.25) is 0 Å². The minimum atomic E-state index is -0.634. The highest BCUT2D eigenvalue weighted by molar-refractivity contribution is 4.97. The van der Waals surface area contributed by atoms with E-state index in [9.17, 15) is 10.2 Å². The molecule has 136 valence electrons. The first-order valence-corrected chi connectivity index (χ1v) is 9.05. The predicted octanol–water partition coefficient (Wildman–Crippen LogP) is -0.109. The van der Waals surface area contributed by atoms with Gasteiger partial charge in [0.1, 0.15) is 12.2 Å². The van der Waals surface area contributed by atoms with Gasteiger partial charge in [-0.3, -0.25) is 4.90 Å². The fourth-order valence-corrected chi connectivity index (χ4v) is 3.79. The number of likely N-dealkylation sites (N-methyl/N-ethyl adjacent to an activating group) is 2. The van der Waals surface area contributed by atoms with Gasteiger partial charge in [-0.2, -0.15) is 0 Å². The van der Waals surface area contributed by atoms with Crippen molar-refractivity contribution in [1.29, 1.82) is 0 Å². The van der Waals surface area contributed by atoms with E-state index in [-0.39, 0.29) is 18.8 Å². The van der Waals surface area contributed by atoms with Crippen molar-refractivity contribution in [3.63, 3.8) is 0 Å². The molecule has 0 aromatic carbocycles. The summed E-state index contributed by atoms with van der Waals surface area (Å²) in [7, 11) is 6.14. The van der Waals surface area contributed by atoms with Crippen LogP contribution >= 0.6 is 0 Å². The number of rotatable bonds is 8. The van der Waals surface area contributed by atoms with Crippen LogP contribution in [0.1, 0.15) is 32.1 Å². The van der Waals surface area contributed by atoms with E-state index in [1.165, 1.54) is 32.1 Å². The summed E-state index contributed by atoms with van der Waals surface area (Å²) in [6.07, 6.45) is 5.24. The van der Waals surface area contributed by atoms with E-state index in [1.54, 1.807) is 0 Å². The second kappa shape index (κ2) is 9.30. The average molecular weight is 329 g/mol.